The number of amides is 1. The summed E-state index contributed by atoms with van der Waals surface area (Å²) >= 11 is 0. The summed E-state index contributed by atoms with van der Waals surface area (Å²) in [4.78, 5) is 22.5. The second kappa shape index (κ2) is 7.23. The molecule has 0 spiro atoms. The lowest BCUT2D eigenvalue weighted by Crippen LogP contribution is -2.42. The van der Waals surface area contributed by atoms with Gasteiger partial charge in [-0.3, -0.25) is 9.59 Å². The number of nitrogens with two attached hydrogens (primary N) is 1. The predicted octanol–water partition coefficient (Wildman–Crippen LogP) is -0.221. The highest BCUT2D eigenvalue weighted by Crippen LogP contribution is 2.15. The van der Waals surface area contributed by atoms with Crippen LogP contribution in [0.4, 0.5) is 0 Å². The van der Waals surface area contributed by atoms with E-state index in [4.69, 9.17) is 15.2 Å². The summed E-state index contributed by atoms with van der Waals surface area (Å²) in [5.74, 6) is -1.22. The molecule has 1 aromatic carbocycles. The van der Waals surface area contributed by atoms with Crippen molar-refractivity contribution in [1.82, 2.24) is 4.72 Å². The molecule has 1 aromatic rings. The number of nitrogens with one attached hydrogen (secondary N) is 1. The van der Waals surface area contributed by atoms with Crippen LogP contribution >= 0.6 is 0 Å². The van der Waals surface area contributed by atoms with E-state index < -0.39 is 34.0 Å². The number of rotatable bonds is 7. The van der Waals surface area contributed by atoms with Crippen LogP contribution in [0.25, 0.3) is 0 Å². The van der Waals surface area contributed by atoms with Crippen molar-refractivity contribution in [2.24, 2.45) is 5.73 Å². The fourth-order valence-corrected chi connectivity index (χ4v) is 2.63. The van der Waals surface area contributed by atoms with Crippen molar-refractivity contribution in [1.29, 1.82) is 0 Å². The predicted molar refractivity (Wildman–Crippen MR) is 77.5 cm³/mol. The molecule has 0 radical (unpaired) electrons. The van der Waals surface area contributed by atoms with Crippen molar-refractivity contribution >= 4 is 21.9 Å². The van der Waals surface area contributed by atoms with Gasteiger partial charge < -0.3 is 15.2 Å². The Balaban J connectivity index is 2.78. The van der Waals surface area contributed by atoms with Crippen molar-refractivity contribution < 1.29 is 27.5 Å². The van der Waals surface area contributed by atoms with Gasteiger partial charge >= 0.3 is 5.97 Å². The van der Waals surface area contributed by atoms with Gasteiger partial charge in [0.25, 0.3) is 5.91 Å². The third kappa shape index (κ3) is 4.71. The number of esters is 1. The summed E-state index contributed by atoms with van der Waals surface area (Å²) in [5.41, 5.74) is 4.96. The van der Waals surface area contributed by atoms with Crippen LogP contribution in [0.2, 0.25) is 0 Å². The topological polar surface area (TPSA) is 125 Å². The zero-order valence-corrected chi connectivity index (χ0v) is 13.2. The molecule has 1 rings (SSSR count). The van der Waals surface area contributed by atoms with Crippen molar-refractivity contribution in [2.45, 2.75) is 30.9 Å². The molecule has 22 heavy (non-hydrogen) atoms. The van der Waals surface area contributed by atoms with Gasteiger partial charge in [-0.2, -0.15) is 4.72 Å². The Bertz CT molecular complexity index is 641. The molecule has 122 valence electrons. The lowest BCUT2D eigenvalue weighted by molar-refractivity contribution is -0.155. The molecule has 9 heteroatoms. The van der Waals surface area contributed by atoms with E-state index in [2.05, 4.69) is 4.72 Å². The summed E-state index contributed by atoms with van der Waals surface area (Å²) in [6.45, 7) is 2.60. The first-order valence-corrected chi connectivity index (χ1v) is 7.82. The molecule has 0 heterocycles. The van der Waals surface area contributed by atoms with Gasteiger partial charge in [-0.05, 0) is 38.1 Å². The van der Waals surface area contributed by atoms with Crippen molar-refractivity contribution in [2.75, 3.05) is 7.11 Å². The molecule has 0 aliphatic carbocycles. The Morgan fingerprint density at radius 1 is 1.18 bits per heavy atom. The van der Waals surface area contributed by atoms with Crippen LogP contribution in [0.15, 0.2) is 29.2 Å². The third-order valence-corrected chi connectivity index (χ3v) is 4.31. The molecule has 8 nitrogen and oxygen atoms in total. The van der Waals surface area contributed by atoms with E-state index in [1.54, 1.807) is 0 Å². The number of primary amides is 1. The second-order valence-electron chi connectivity index (χ2n) is 4.50. The van der Waals surface area contributed by atoms with E-state index in [-0.39, 0.29) is 4.90 Å². The zero-order chi connectivity index (χ0) is 16.9. The minimum Gasteiger partial charge on any atom is -0.497 e. The standard InChI is InChI=1S/C13H18N2O6S/c1-8(13(17)21-9(2)12(14)16)15-22(18,19)11-6-4-10(20-3)5-7-11/h4-9,15H,1-3H3,(H2,14,16)/t8-,9-/m0/s1. The van der Waals surface area contributed by atoms with Gasteiger partial charge in [0, 0.05) is 0 Å². The summed E-state index contributed by atoms with van der Waals surface area (Å²) in [6.07, 6.45) is -1.14. The van der Waals surface area contributed by atoms with E-state index in [0.29, 0.717) is 5.75 Å². The molecule has 0 unspecified atom stereocenters. The lowest BCUT2D eigenvalue weighted by Gasteiger charge is -2.16. The van der Waals surface area contributed by atoms with Gasteiger partial charge in [-0.1, -0.05) is 0 Å². The Morgan fingerprint density at radius 2 is 1.73 bits per heavy atom. The molecule has 0 saturated heterocycles. The van der Waals surface area contributed by atoms with Crippen LogP contribution in [0.3, 0.4) is 0 Å². The average Bonchev–Trinajstić information content (AvgIpc) is 2.46. The number of benzene rings is 1. The molecule has 2 atom stereocenters. The number of hydrogen-bond acceptors (Lipinski definition) is 6. The van der Waals surface area contributed by atoms with Crippen LogP contribution in [0.1, 0.15) is 13.8 Å². The summed E-state index contributed by atoms with van der Waals surface area (Å²) in [7, 11) is -2.45. The van der Waals surface area contributed by atoms with Crippen LogP contribution in [-0.2, 0) is 24.3 Å². The molecule has 0 aliphatic heterocycles. The summed E-state index contributed by atoms with van der Waals surface area (Å²) in [6, 6.07) is 4.46. The monoisotopic (exact) mass is 330 g/mol. The van der Waals surface area contributed by atoms with Crippen LogP contribution in [-0.4, -0.2) is 39.5 Å². The maximum Gasteiger partial charge on any atom is 0.324 e. The number of sulfonamides is 1. The van der Waals surface area contributed by atoms with Gasteiger partial charge in [-0.15, -0.1) is 0 Å². The van der Waals surface area contributed by atoms with Gasteiger partial charge in [0.05, 0.1) is 12.0 Å². The largest absolute Gasteiger partial charge is 0.497 e. The number of carbonyl (C=O) groups excluding carboxylic acids is 2. The Labute approximate surface area is 128 Å². The van der Waals surface area contributed by atoms with E-state index in [1.165, 1.54) is 45.2 Å². The number of methoxy groups -OCH3 is 1. The first kappa shape index (κ1) is 17.9. The van der Waals surface area contributed by atoms with Crippen LogP contribution in [0.5, 0.6) is 5.75 Å². The molecule has 1 amide bonds. The Hall–Kier alpha value is -2.13. The minimum absolute atomic E-state index is 0.0316. The normalized spacial score (nSPS) is 14.0. The zero-order valence-electron chi connectivity index (χ0n) is 12.4. The van der Waals surface area contributed by atoms with E-state index in [0.717, 1.165) is 0 Å². The van der Waals surface area contributed by atoms with Crippen LogP contribution in [0, 0.1) is 0 Å². The smallest absolute Gasteiger partial charge is 0.324 e. The Kier molecular flexibility index (Phi) is 5.89. The van der Waals surface area contributed by atoms with Gasteiger partial charge in [0.2, 0.25) is 10.0 Å². The van der Waals surface area contributed by atoms with Gasteiger partial charge in [-0.25, -0.2) is 8.42 Å². The maximum absolute atomic E-state index is 12.1. The number of ether oxygens (including phenoxy) is 2. The first-order chi connectivity index (χ1) is 10.2. The van der Waals surface area contributed by atoms with Crippen LogP contribution < -0.4 is 15.2 Å². The number of carbonyl (C=O) groups is 2. The molecule has 0 bridgehead atoms. The van der Waals surface area contributed by atoms with E-state index in [9.17, 15) is 18.0 Å². The van der Waals surface area contributed by atoms with Crippen molar-refractivity contribution in [3.05, 3.63) is 24.3 Å². The van der Waals surface area contributed by atoms with Gasteiger partial charge in [0.15, 0.2) is 6.10 Å². The minimum atomic E-state index is -3.91. The molecular formula is C13H18N2O6S. The van der Waals surface area contributed by atoms with E-state index in [1.807, 2.05) is 0 Å². The highest BCUT2D eigenvalue weighted by atomic mass is 32.2. The fourth-order valence-electron chi connectivity index (χ4n) is 1.44. The molecule has 0 fully saturated rings. The van der Waals surface area contributed by atoms with Crippen molar-refractivity contribution in [3.63, 3.8) is 0 Å². The third-order valence-electron chi connectivity index (χ3n) is 2.75. The quantitative estimate of drug-likeness (QED) is 0.666. The van der Waals surface area contributed by atoms with Crippen molar-refractivity contribution in [3.8, 4) is 5.75 Å². The highest BCUT2D eigenvalue weighted by molar-refractivity contribution is 7.89. The molecule has 3 N–H and O–H groups in total. The van der Waals surface area contributed by atoms with E-state index >= 15 is 0 Å². The molecule has 0 aliphatic rings. The lowest BCUT2D eigenvalue weighted by atomic mass is 10.3. The SMILES string of the molecule is COc1ccc(S(=O)(=O)N[C@@H](C)C(=O)O[C@@H](C)C(N)=O)cc1. The highest BCUT2D eigenvalue weighted by Gasteiger charge is 2.25. The van der Waals surface area contributed by atoms with Gasteiger partial charge in [0.1, 0.15) is 11.8 Å². The maximum atomic E-state index is 12.1. The second-order valence-corrected chi connectivity index (χ2v) is 6.21. The molecule has 0 aromatic heterocycles. The molecular weight excluding hydrogens is 312 g/mol. The molecule has 0 saturated carbocycles. The number of hydrogen-bond donors (Lipinski definition) is 2. The fraction of sp³-hybridized carbons (Fsp3) is 0.385. The average molecular weight is 330 g/mol. The first-order valence-electron chi connectivity index (χ1n) is 6.33. The summed E-state index contributed by atoms with van der Waals surface area (Å²) in [5, 5.41) is 0. The Morgan fingerprint density at radius 3 is 2.18 bits per heavy atom. The summed E-state index contributed by atoms with van der Waals surface area (Å²) < 4.78 is 36.1.